The van der Waals surface area contributed by atoms with Crippen molar-refractivity contribution in [3.05, 3.63) is 16.9 Å². The molecule has 0 saturated carbocycles. The number of halogens is 4. The fourth-order valence-electron chi connectivity index (χ4n) is 1.61. The molecule has 0 amide bonds. The molecule has 2 rings (SSSR count). The lowest BCUT2D eigenvalue weighted by Crippen LogP contribution is -2.21. The first-order valence-corrected chi connectivity index (χ1v) is 5.01. The van der Waals surface area contributed by atoms with Gasteiger partial charge in [-0.05, 0) is 13.0 Å². The molecule has 3 nitrogen and oxygen atoms in total. The largest absolute Gasteiger partial charge is 0.408 e. The molecule has 2 aromatic heterocycles. The van der Waals surface area contributed by atoms with Crippen LogP contribution in [0.15, 0.2) is 6.07 Å². The summed E-state index contributed by atoms with van der Waals surface area (Å²) in [5.74, 6) is 0. The van der Waals surface area contributed by atoms with Crippen LogP contribution in [0.5, 0.6) is 0 Å². The number of aryl methyl sites for hydroxylation is 1. The lowest BCUT2D eigenvalue weighted by atomic mass is 9.95. The zero-order valence-corrected chi connectivity index (χ0v) is 9.47. The molecule has 0 unspecified atom stereocenters. The van der Waals surface area contributed by atoms with Crippen LogP contribution in [0.4, 0.5) is 13.2 Å². The Morgan fingerprint density at radius 2 is 2.12 bits per heavy atom. The molecule has 0 fully saturated rings. The Bertz CT molecular complexity index is 579. The summed E-state index contributed by atoms with van der Waals surface area (Å²) in [5, 5.41) is 3.90. The number of alkyl halides is 3. The minimum absolute atomic E-state index is 0.129. The maximum absolute atomic E-state index is 12.3. The van der Waals surface area contributed by atoms with Crippen LogP contribution in [0.25, 0.3) is 11.0 Å². The van der Waals surface area contributed by atoms with Crippen molar-refractivity contribution in [2.24, 2.45) is 0 Å². The third-order valence-corrected chi connectivity index (χ3v) is 2.39. The highest BCUT2D eigenvalue weighted by molar-refractivity contribution is 6.40. The van der Waals surface area contributed by atoms with Crippen molar-refractivity contribution < 1.29 is 13.2 Å². The van der Waals surface area contributed by atoms with E-state index < -0.39 is 12.7 Å². The van der Waals surface area contributed by atoms with E-state index >= 15 is 0 Å². The van der Waals surface area contributed by atoms with Gasteiger partial charge in [0.05, 0.1) is 11.2 Å². The summed E-state index contributed by atoms with van der Waals surface area (Å²) in [5.41, 5.74) is 0.937. The van der Waals surface area contributed by atoms with E-state index in [2.05, 4.69) is 10.1 Å². The van der Waals surface area contributed by atoms with Crippen LogP contribution in [-0.4, -0.2) is 28.8 Å². The zero-order valence-electron chi connectivity index (χ0n) is 8.72. The normalized spacial score (nSPS) is 12.3. The van der Waals surface area contributed by atoms with Crippen molar-refractivity contribution in [2.45, 2.75) is 19.6 Å². The Morgan fingerprint density at radius 3 is 2.71 bits per heavy atom. The molecule has 0 aromatic carbocycles. The van der Waals surface area contributed by atoms with Gasteiger partial charge in [0, 0.05) is 0 Å². The molecule has 2 radical (unpaired) electrons. The molecular weight excluding hydrogens is 253 g/mol. The van der Waals surface area contributed by atoms with Gasteiger partial charge in [-0.3, -0.25) is 4.68 Å². The summed E-state index contributed by atoms with van der Waals surface area (Å²) in [7, 11) is 5.64. The van der Waals surface area contributed by atoms with Crippen molar-refractivity contribution >= 4 is 35.9 Å². The maximum Gasteiger partial charge on any atom is 0.408 e. The first-order chi connectivity index (χ1) is 7.78. The second-order valence-electron chi connectivity index (χ2n) is 3.59. The molecule has 0 bridgehead atoms. The third-order valence-electron chi connectivity index (χ3n) is 2.19. The summed E-state index contributed by atoms with van der Waals surface area (Å²) < 4.78 is 37.8. The monoisotopic (exact) mass is 259 g/mol. The van der Waals surface area contributed by atoms with E-state index in [1.54, 1.807) is 6.92 Å². The summed E-state index contributed by atoms with van der Waals surface area (Å²) in [6.07, 6.45) is -4.36. The number of hydrogen-bond acceptors (Lipinski definition) is 2. The van der Waals surface area contributed by atoms with Crippen LogP contribution in [-0.2, 0) is 6.54 Å². The summed E-state index contributed by atoms with van der Waals surface area (Å²) in [4.78, 5) is 3.92. The molecule has 2 aromatic rings. The summed E-state index contributed by atoms with van der Waals surface area (Å²) >= 11 is 5.69. The first kappa shape index (κ1) is 12.2. The van der Waals surface area contributed by atoms with Crippen LogP contribution in [0.2, 0.25) is 5.15 Å². The Balaban J connectivity index is 2.66. The van der Waals surface area contributed by atoms with Crippen LogP contribution in [0, 0.1) is 6.92 Å². The highest BCUT2D eigenvalue weighted by Crippen LogP contribution is 2.22. The standard InChI is InChI=1S/C9H6BClF3N3/c1-4-7-8(5(10)2-6(11)15-7)17(16-4)3-9(12,13)14/h2H,3H2,1H3. The highest BCUT2D eigenvalue weighted by atomic mass is 35.5. The van der Waals surface area contributed by atoms with E-state index in [1.807, 2.05) is 0 Å². The molecule has 0 aliphatic heterocycles. The van der Waals surface area contributed by atoms with Crippen LogP contribution in [0.3, 0.4) is 0 Å². The van der Waals surface area contributed by atoms with Crippen LogP contribution in [0.1, 0.15) is 5.69 Å². The smallest absolute Gasteiger partial charge is 0.254 e. The van der Waals surface area contributed by atoms with Gasteiger partial charge in [0.2, 0.25) is 0 Å². The molecule has 0 atom stereocenters. The van der Waals surface area contributed by atoms with Crippen molar-refractivity contribution in [3.8, 4) is 0 Å². The van der Waals surface area contributed by atoms with Crippen LogP contribution >= 0.6 is 11.6 Å². The third kappa shape index (κ3) is 2.38. The number of fused-ring (bicyclic) bond motifs is 1. The molecule has 17 heavy (non-hydrogen) atoms. The lowest BCUT2D eigenvalue weighted by Gasteiger charge is -2.08. The Hall–Kier alpha value is -1.24. The fourth-order valence-corrected chi connectivity index (χ4v) is 1.81. The van der Waals surface area contributed by atoms with E-state index in [0.717, 1.165) is 4.68 Å². The molecule has 0 aliphatic rings. The van der Waals surface area contributed by atoms with Gasteiger partial charge in [-0.1, -0.05) is 17.1 Å². The van der Waals surface area contributed by atoms with Gasteiger partial charge in [0.1, 0.15) is 25.1 Å². The second kappa shape index (κ2) is 3.91. The number of pyridine rings is 1. The van der Waals surface area contributed by atoms with Crippen molar-refractivity contribution in [1.29, 1.82) is 0 Å². The van der Waals surface area contributed by atoms with Gasteiger partial charge in [-0.15, -0.1) is 0 Å². The molecule has 2 heterocycles. The minimum Gasteiger partial charge on any atom is -0.254 e. The fraction of sp³-hybridized carbons (Fsp3) is 0.333. The predicted molar refractivity (Wildman–Crippen MR) is 58.7 cm³/mol. The van der Waals surface area contributed by atoms with Crippen molar-refractivity contribution in [2.75, 3.05) is 0 Å². The van der Waals surface area contributed by atoms with Crippen LogP contribution < -0.4 is 5.46 Å². The summed E-state index contributed by atoms with van der Waals surface area (Å²) in [6, 6.07) is 1.30. The van der Waals surface area contributed by atoms with E-state index in [0.29, 0.717) is 11.2 Å². The SMILES string of the molecule is [B]c1cc(Cl)nc2c(C)nn(CC(F)(F)F)c12. The van der Waals surface area contributed by atoms with Gasteiger partial charge in [-0.25, -0.2) is 4.98 Å². The molecule has 0 N–H and O–H groups in total. The molecule has 0 spiro atoms. The van der Waals surface area contributed by atoms with Crippen molar-refractivity contribution in [1.82, 2.24) is 14.8 Å². The zero-order chi connectivity index (χ0) is 12.8. The molecular formula is C9H6BClF3N3. The summed E-state index contributed by atoms with van der Waals surface area (Å²) in [6.45, 7) is 0.350. The van der Waals surface area contributed by atoms with Gasteiger partial charge in [-0.2, -0.15) is 18.3 Å². The Kier molecular flexibility index (Phi) is 2.81. The molecule has 8 heteroatoms. The Labute approximate surface area is 101 Å². The highest BCUT2D eigenvalue weighted by Gasteiger charge is 2.30. The van der Waals surface area contributed by atoms with E-state index in [4.69, 9.17) is 19.4 Å². The first-order valence-electron chi connectivity index (χ1n) is 4.64. The number of aromatic nitrogens is 3. The van der Waals surface area contributed by atoms with E-state index in [-0.39, 0.29) is 16.1 Å². The van der Waals surface area contributed by atoms with E-state index in [1.165, 1.54) is 6.07 Å². The minimum atomic E-state index is -4.36. The average molecular weight is 259 g/mol. The number of hydrogen-bond donors (Lipinski definition) is 0. The van der Waals surface area contributed by atoms with E-state index in [9.17, 15) is 13.2 Å². The van der Waals surface area contributed by atoms with Gasteiger partial charge in [0.25, 0.3) is 0 Å². The van der Waals surface area contributed by atoms with Gasteiger partial charge in [0.15, 0.2) is 0 Å². The van der Waals surface area contributed by atoms with Gasteiger partial charge >= 0.3 is 6.18 Å². The molecule has 0 aliphatic carbocycles. The Morgan fingerprint density at radius 1 is 1.47 bits per heavy atom. The molecule has 88 valence electrons. The quantitative estimate of drug-likeness (QED) is 0.577. The number of nitrogens with zero attached hydrogens (tertiary/aromatic N) is 3. The average Bonchev–Trinajstić information content (AvgIpc) is 2.39. The van der Waals surface area contributed by atoms with Gasteiger partial charge < -0.3 is 0 Å². The second-order valence-corrected chi connectivity index (χ2v) is 3.98. The predicted octanol–water partition coefficient (Wildman–Crippen LogP) is 1.75. The topological polar surface area (TPSA) is 30.7 Å². The number of rotatable bonds is 1. The molecule has 0 saturated heterocycles. The maximum atomic E-state index is 12.3. The van der Waals surface area contributed by atoms with Crippen molar-refractivity contribution in [3.63, 3.8) is 0 Å². The lowest BCUT2D eigenvalue weighted by molar-refractivity contribution is -0.141.